The fourth-order valence-electron chi connectivity index (χ4n) is 3.23. The molecule has 1 aliphatic heterocycles. The van der Waals surface area contributed by atoms with Crippen molar-refractivity contribution < 1.29 is 9.59 Å². The smallest absolute Gasteiger partial charge is 0.261 e. The predicted molar refractivity (Wildman–Crippen MR) is 91.9 cm³/mol. The number of carbonyl (C=O) groups excluding carboxylic acids is 2. The highest BCUT2D eigenvalue weighted by molar-refractivity contribution is 5.82. The van der Waals surface area contributed by atoms with Gasteiger partial charge in [-0.25, -0.2) is 4.98 Å². The van der Waals surface area contributed by atoms with Crippen molar-refractivity contribution in [2.45, 2.75) is 19.4 Å². The number of amides is 2. The molecule has 0 radical (unpaired) electrons. The molecule has 2 amide bonds. The van der Waals surface area contributed by atoms with Gasteiger partial charge < -0.3 is 9.80 Å². The third-order valence-electron chi connectivity index (χ3n) is 4.91. The Kier molecular flexibility index (Phi) is 3.99. The van der Waals surface area contributed by atoms with Crippen LogP contribution in [0.1, 0.15) is 12.8 Å². The molecule has 2 heterocycles. The molecule has 0 unspecified atom stereocenters. The maximum absolute atomic E-state index is 12.5. The van der Waals surface area contributed by atoms with Crippen LogP contribution < -0.4 is 5.56 Å². The van der Waals surface area contributed by atoms with Gasteiger partial charge in [0, 0.05) is 32.1 Å². The minimum absolute atomic E-state index is 0.0206. The largest absolute Gasteiger partial charge is 0.339 e. The second kappa shape index (κ2) is 6.31. The average molecular weight is 340 g/mol. The van der Waals surface area contributed by atoms with Crippen LogP contribution >= 0.6 is 0 Å². The van der Waals surface area contributed by atoms with Crippen LogP contribution in [-0.2, 0) is 16.1 Å². The van der Waals surface area contributed by atoms with Gasteiger partial charge >= 0.3 is 0 Å². The van der Waals surface area contributed by atoms with Crippen molar-refractivity contribution in [3.8, 4) is 0 Å². The van der Waals surface area contributed by atoms with Gasteiger partial charge in [-0.3, -0.25) is 19.0 Å². The van der Waals surface area contributed by atoms with E-state index in [1.165, 1.54) is 10.9 Å². The number of hydrogen-bond acceptors (Lipinski definition) is 4. The van der Waals surface area contributed by atoms with Crippen LogP contribution in [0.5, 0.6) is 0 Å². The first-order valence-electron chi connectivity index (χ1n) is 8.64. The Bertz CT molecular complexity index is 879. The Balaban J connectivity index is 1.42. The van der Waals surface area contributed by atoms with E-state index in [2.05, 4.69) is 4.98 Å². The minimum atomic E-state index is -0.207. The van der Waals surface area contributed by atoms with E-state index in [1.807, 2.05) is 11.0 Å². The standard InChI is InChI=1S/C18H20N4O3/c23-16(20-7-9-21(10-8-20)17(24)13-5-6-13)11-22-12-19-15-4-2-1-3-14(15)18(22)25/h1-4,12-13H,5-11H2. The van der Waals surface area contributed by atoms with Crippen LogP contribution in [0.2, 0.25) is 0 Å². The molecular formula is C18H20N4O3. The maximum atomic E-state index is 12.5. The number of carbonyl (C=O) groups is 2. The van der Waals surface area contributed by atoms with Gasteiger partial charge in [-0.2, -0.15) is 0 Å². The molecule has 0 N–H and O–H groups in total. The van der Waals surface area contributed by atoms with Crippen molar-refractivity contribution in [3.05, 3.63) is 40.9 Å². The minimum Gasteiger partial charge on any atom is -0.339 e. The van der Waals surface area contributed by atoms with Gasteiger partial charge in [0.25, 0.3) is 5.56 Å². The molecular weight excluding hydrogens is 320 g/mol. The van der Waals surface area contributed by atoms with Crippen LogP contribution in [0.4, 0.5) is 0 Å². The third kappa shape index (κ3) is 3.14. The highest BCUT2D eigenvalue weighted by Crippen LogP contribution is 2.31. The highest BCUT2D eigenvalue weighted by Gasteiger charge is 2.35. The first-order chi connectivity index (χ1) is 12.1. The zero-order valence-corrected chi connectivity index (χ0v) is 13.9. The fourth-order valence-corrected chi connectivity index (χ4v) is 3.23. The Morgan fingerprint density at radius 1 is 1.04 bits per heavy atom. The molecule has 130 valence electrons. The van der Waals surface area contributed by atoms with E-state index in [4.69, 9.17) is 0 Å². The quantitative estimate of drug-likeness (QED) is 0.814. The number of fused-ring (bicyclic) bond motifs is 1. The molecule has 1 saturated heterocycles. The van der Waals surface area contributed by atoms with Crippen molar-refractivity contribution in [2.24, 2.45) is 5.92 Å². The van der Waals surface area contributed by atoms with Gasteiger partial charge in [-0.1, -0.05) is 12.1 Å². The van der Waals surface area contributed by atoms with E-state index < -0.39 is 0 Å². The molecule has 1 aliphatic carbocycles. The van der Waals surface area contributed by atoms with Crippen LogP contribution in [0.15, 0.2) is 35.4 Å². The van der Waals surface area contributed by atoms with E-state index in [9.17, 15) is 14.4 Å². The number of piperazine rings is 1. The molecule has 0 atom stereocenters. The van der Waals surface area contributed by atoms with Crippen molar-refractivity contribution in [1.82, 2.24) is 19.4 Å². The van der Waals surface area contributed by atoms with Gasteiger partial charge in [0.05, 0.1) is 17.2 Å². The average Bonchev–Trinajstić information content (AvgIpc) is 3.49. The van der Waals surface area contributed by atoms with Crippen LogP contribution in [0, 0.1) is 5.92 Å². The third-order valence-corrected chi connectivity index (χ3v) is 4.91. The normalized spacial score (nSPS) is 17.8. The zero-order chi connectivity index (χ0) is 17.4. The molecule has 4 rings (SSSR count). The lowest BCUT2D eigenvalue weighted by molar-refractivity contribution is -0.140. The highest BCUT2D eigenvalue weighted by atomic mass is 16.2. The van der Waals surface area contributed by atoms with E-state index in [-0.39, 0.29) is 29.8 Å². The first kappa shape index (κ1) is 15.8. The molecule has 7 nitrogen and oxygen atoms in total. The summed E-state index contributed by atoms with van der Waals surface area (Å²) in [6, 6.07) is 7.10. The van der Waals surface area contributed by atoms with Gasteiger partial charge in [-0.05, 0) is 25.0 Å². The summed E-state index contributed by atoms with van der Waals surface area (Å²) in [5.41, 5.74) is 0.421. The molecule has 1 aromatic carbocycles. The van der Waals surface area contributed by atoms with Gasteiger partial charge in [0.2, 0.25) is 11.8 Å². The summed E-state index contributed by atoms with van der Waals surface area (Å²) in [5.74, 6) is 0.323. The predicted octanol–water partition coefficient (Wildman–Crippen LogP) is 0.477. The van der Waals surface area contributed by atoms with Crippen LogP contribution in [-0.4, -0.2) is 57.3 Å². The molecule has 0 bridgehead atoms. The van der Waals surface area contributed by atoms with Crippen molar-refractivity contribution in [3.63, 3.8) is 0 Å². The number of benzene rings is 1. The van der Waals surface area contributed by atoms with E-state index >= 15 is 0 Å². The molecule has 25 heavy (non-hydrogen) atoms. The molecule has 1 saturated carbocycles. The Labute approximate surface area is 144 Å². The lowest BCUT2D eigenvalue weighted by Gasteiger charge is -2.35. The molecule has 7 heteroatoms. The first-order valence-corrected chi connectivity index (χ1v) is 8.64. The van der Waals surface area contributed by atoms with Crippen molar-refractivity contribution >= 4 is 22.7 Å². The van der Waals surface area contributed by atoms with Crippen LogP contribution in [0.3, 0.4) is 0 Å². The zero-order valence-electron chi connectivity index (χ0n) is 13.9. The lowest BCUT2D eigenvalue weighted by atomic mass is 10.2. The number of rotatable bonds is 3. The van der Waals surface area contributed by atoms with E-state index in [0.29, 0.717) is 37.1 Å². The number of para-hydroxylation sites is 1. The summed E-state index contributed by atoms with van der Waals surface area (Å²) >= 11 is 0. The van der Waals surface area contributed by atoms with Gasteiger partial charge in [0.15, 0.2) is 0 Å². The fraction of sp³-hybridized carbons (Fsp3) is 0.444. The second-order valence-corrected chi connectivity index (χ2v) is 6.68. The number of nitrogens with zero attached hydrogens (tertiary/aromatic N) is 4. The molecule has 1 aromatic heterocycles. The van der Waals surface area contributed by atoms with Gasteiger partial charge in [-0.15, -0.1) is 0 Å². The molecule has 2 aromatic rings. The number of hydrogen-bond donors (Lipinski definition) is 0. The second-order valence-electron chi connectivity index (χ2n) is 6.68. The van der Waals surface area contributed by atoms with Gasteiger partial charge in [0.1, 0.15) is 6.54 Å². The summed E-state index contributed by atoms with van der Waals surface area (Å²) < 4.78 is 1.35. The summed E-state index contributed by atoms with van der Waals surface area (Å²) in [7, 11) is 0. The molecule has 2 fully saturated rings. The summed E-state index contributed by atoms with van der Waals surface area (Å²) in [4.78, 5) is 44.9. The maximum Gasteiger partial charge on any atom is 0.261 e. The monoisotopic (exact) mass is 340 g/mol. The Morgan fingerprint density at radius 2 is 1.72 bits per heavy atom. The molecule has 0 spiro atoms. The Hall–Kier alpha value is -2.70. The molecule has 2 aliphatic rings. The SMILES string of the molecule is O=C(Cn1cnc2ccccc2c1=O)N1CCN(C(=O)C2CC2)CC1. The summed E-state index contributed by atoms with van der Waals surface area (Å²) in [6.07, 6.45) is 3.42. The number of aromatic nitrogens is 2. The summed E-state index contributed by atoms with van der Waals surface area (Å²) in [6.45, 7) is 2.17. The summed E-state index contributed by atoms with van der Waals surface area (Å²) in [5, 5.41) is 0.512. The van der Waals surface area contributed by atoms with Crippen molar-refractivity contribution in [1.29, 1.82) is 0 Å². The Morgan fingerprint density at radius 3 is 2.44 bits per heavy atom. The van der Waals surface area contributed by atoms with E-state index in [0.717, 1.165) is 12.8 Å². The van der Waals surface area contributed by atoms with E-state index in [1.54, 1.807) is 23.1 Å². The topological polar surface area (TPSA) is 75.5 Å². The van der Waals surface area contributed by atoms with Crippen molar-refractivity contribution in [2.75, 3.05) is 26.2 Å². The van der Waals surface area contributed by atoms with Crippen LogP contribution in [0.25, 0.3) is 10.9 Å². The lowest BCUT2D eigenvalue weighted by Crippen LogP contribution is -2.52.